The zero-order valence-electron chi connectivity index (χ0n) is 11.0. The van der Waals surface area contributed by atoms with Crippen molar-refractivity contribution in [3.05, 3.63) is 23.9 Å². The fourth-order valence-electron chi connectivity index (χ4n) is 1.37. The number of ether oxygens (including phenoxy) is 1. The van der Waals surface area contributed by atoms with Crippen LogP contribution in [0.25, 0.3) is 0 Å². The second-order valence-corrected chi connectivity index (χ2v) is 4.24. The minimum Gasteiger partial charge on any atom is -0.378 e. The van der Waals surface area contributed by atoms with Crippen LogP contribution < -0.4 is 5.32 Å². The van der Waals surface area contributed by atoms with E-state index in [1.54, 1.807) is 0 Å². The molecular weight excluding hydrogens is 259 g/mol. The summed E-state index contributed by atoms with van der Waals surface area (Å²) in [6, 6.07) is 2.27. The van der Waals surface area contributed by atoms with E-state index in [0.29, 0.717) is 13.2 Å². The van der Waals surface area contributed by atoms with Gasteiger partial charge in [-0.05, 0) is 26.2 Å². The highest BCUT2D eigenvalue weighted by molar-refractivity contribution is 5.45. The fourth-order valence-corrected chi connectivity index (χ4v) is 1.37. The van der Waals surface area contributed by atoms with Crippen molar-refractivity contribution >= 4 is 5.82 Å². The molecule has 19 heavy (non-hydrogen) atoms. The molecule has 4 nitrogen and oxygen atoms in total. The van der Waals surface area contributed by atoms with E-state index in [1.807, 2.05) is 19.0 Å². The van der Waals surface area contributed by atoms with Crippen LogP contribution in [0.2, 0.25) is 0 Å². The van der Waals surface area contributed by atoms with Crippen LogP contribution in [0.15, 0.2) is 18.3 Å². The van der Waals surface area contributed by atoms with Gasteiger partial charge in [0.1, 0.15) is 5.82 Å². The number of alkyl halides is 3. The number of nitrogens with one attached hydrogen (secondary N) is 1. The predicted octanol–water partition coefficient (Wildman–Crippen LogP) is 2.09. The maximum Gasteiger partial charge on any atom is 0.419 e. The molecular formula is C12H18F3N3O. The molecule has 0 bridgehead atoms. The Balaban J connectivity index is 2.37. The normalized spacial score (nSPS) is 11.9. The van der Waals surface area contributed by atoms with Gasteiger partial charge in [0.05, 0.1) is 18.8 Å². The average molecular weight is 277 g/mol. The van der Waals surface area contributed by atoms with Gasteiger partial charge in [0.15, 0.2) is 0 Å². The summed E-state index contributed by atoms with van der Waals surface area (Å²) in [4.78, 5) is 5.66. The highest BCUT2D eigenvalue weighted by atomic mass is 19.4. The first-order chi connectivity index (χ1) is 8.91. The second kappa shape index (κ2) is 7.30. The lowest BCUT2D eigenvalue weighted by Crippen LogP contribution is -2.20. The maximum absolute atomic E-state index is 12.7. The fraction of sp³-hybridized carbons (Fsp3) is 0.583. The lowest BCUT2D eigenvalue weighted by Gasteiger charge is -2.13. The number of hydrogen-bond donors (Lipinski definition) is 1. The molecule has 1 heterocycles. The number of pyridine rings is 1. The first-order valence-corrected chi connectivity index (χ1v) is 5.90. The molecule has 1 aromatic heterocycles. The van der Waals surface area contributed by atoms with Gasteiger partial charge in [-0.2, -0.15) is 13.2 Å². The Morgan fingerprint density at radius 3 is 2.68 bits per heavy atom. The van der Waals surface area contributed by atoms with Crippen LogP contribution in [0.1, 0.15) is 5.56 Å². The van der Waals surface area contributed by atoms with E-state index in [4.69, 9.17) is 4.74 Å². The van der Waals surface area contributed by atoms with Crippen molar-refractivity contribution in [2.45, 2.75) is 6.18 Å². The SMILES string of the molecule is CN(C)CCOCCNc1ncccc1C(F)(F)F. The highest BCUT2D eigenvalue weighted by Crippen LogP contribution is 2.33. The summed E-state index contributed by atoms with van der Waals surface area (Å²) in [5.41, 5.74) is -0.761. The molecule has 0 amide bonds. The monoisotopic (exact) mass is 277 g/mol. The van der Waals surface area contributed by atoms with Crippen molar-refractivity contribution < 1.29 is 17.9 Å². The van der Waals surface area contributed by atoms with Gasteiger partial charge >= 0.3 is 6.18 Å². The minimum absolute atomic E-state index is 0.161. The summed E-state index contributed by atoms with van der Waals surface area (Å²) in [5, 5.41) is 2.64. The number of halogens is 3. The number of likely N-dealkylation sites (N-methyl/N-ethyl adjacent to an activating group) is 1. The third kappa shape index (κ3) is 5.89. The lowest BCUT2D eigenvalue weighted by molar-refractivity contribution is -0.137. The third-order valence-corrected chi connectivity index (χ3v) is 2.33. The maximum atomic E-state index is 12.7. The summed E-state index contributed by atoms with van der Waals surface area (Å²) in [6.45, 7) is 1.94. The standard InChI is InChI=1S/C12H18F3N3O/c1-18(2)7-9-19-8-6-17-11-10(12(13,14)15)4-3-5-16-11/h3-5H,6-9H2,1-2H3,(H,16,17). The molecule has 0 saturated carbocycles. The number of aromatic nitrogens is 1. The molecule has 0 aliphatic carbocycles. The van der Waals surface area contributed by atoms with Gasteiger partial charge in [-0.1, -0.05) is 0 Å². The van der Waals surface area contributed by atoms with E-state index >= 15 is 0 Å². The zero-order chi connectivity index (χ0) is 14.3. The molecule has 1 aromatic rings. The van der Waals surface area contributed by atoms with E-state index < -0.39 is 11.7 Å². The third-order valence-electron chi connectivity index (χ3n) is 2.33. The van der Waals surface area contributed by atoms with Crippen LogP contribution in [0.5, 0.6) is 0 Å². The largest absolute Gasteiger partial charge is 0.419 e. The first-order valence-electron chi connectivity index (χ1n) is 5.90. The van der Waals surface area contributed by atoms with Gasteiger partial charge in [-0.15, -0.1) is 0 Å². The van der Waals surface area contributed by atoms with Crippen molar-refractivity contribution in [1.29, 1.82) is 0 Å². The smallest absolute Gasteiger partial charge is 0.378 e. The van der Waals surface area contributed by atoms with Gasteiger partial charge in [0, 0.05) is 19.3 Å². The van der Waals surface area contributed by atoms with Crippen molar-refractivity contribution in [2.24, 2.45) is 0 Å². The summed E-state index contributed by atoms with van der Waals surface area (Å²) in [5.74, 6) is -0.161. The second-order valence-electron chi connectivity index (χ2n) is 4.24. The molecule has 108 valence electrons. The van der Waals surface area contributed by atoms with E-state index in [2.05, 4.69) is 10.3 Å². The molecule has 0 atom stereocenters. The van der Waals surface area contributed by atoms with Crippen molar-refractivity contribution in [3.63, 3.8) is 0 Å². The number of anilines is 1. The molecule has 0 unspecified atom stereocenters. The van der Waals surface area contributed by atoms with Crippen molar-refractivity contribution in [3.8, 4) is 0 Å². The first kappa shape index (κ1) is 15.7. The Hall–Kier alpha value is -1.34. The van der Waals surface area contributed by atoms with E-state index in [-0.39, 0.29) is 12.4 Å². The van der Waals surface area contributed by atoms with Gasteiger partial charge in [0.2, 0.25) is 0 Å². The molecule has 7 heteroatoms. The molecule has 0 saturated heterocycles. The Kier molecular flexibility index (Phi) is 6.04. The highest BCUT2D eigenvalue weighted by Gasteiger charge is 2.33. The zero-order valence-corrected chi connectivity index (χ0v) is 11.0. The van der Waals surface area contributed by atoms with Crippen LogP contribution in [-0.4, -0.2) is 50.3 Å². The van der Waals surface area contributed by atoms with Crippen LogP contribution in [0.3, 0.4) is 0 Å². The van der Waals surface area contributed by atoms with Crippen LogP contribution in [-0.2, 0) is 10.9 Å². The molecule has 0 aliphatic rings. The molecule has 0 fully saturated rings. The van der Waals surface area contributed by atoms with E-state index in [1.165, 1.54) is 12.3 Å². The quantitative estimate of drug-likeness (QED) is 0.774. The number of rotatable bonds is 7. The topological polar surface area (TPSA) is 37.4 Å². The van der Waals surface area contributed by atoms with Crippen LogP contribution in [0.4, 0.5) is 19.0 Å². The Bertz CT molecular complexity index is 383. The lowest BCUT2D eigenvalue weighted by atomic mass is 10.2. The van der Waals surface area contributed by atoms with Gasteiger partial charge < -0.3 is 15.0 Å². The minimum atomic E-state index is -4.40. The van der Waals surface area contributed by atoms with E-state index in [9.17, 15) is 13.2 Å². The Morgan fingerprint density at radius 1 is 1.32 bits per heavy atom. The molecule has 0 radical (unpaired) electrons. The average Bonchev–Trinajstić information content (AvgIpc) is 2.32. The Labute approximate surface area is 110 Å². The molecule has 1 rings (SSSR count). The molecule has 0 spiro atoms. The molecule has 0 aromatic carbocycles. The summed E-state index contributed by atoms with van der Waals surface area (Å²) >= 11 is 0. The van der Waals surface area contributed by atoms with Gasteiger partial charge in [0.25, 0.3) is 0 Å². The summed E-state index contributed by atoms with van der Waals surface area (Å²) < 4.78 is 43.2. The predicted molar refractivity (Wildman–Crippen MR) is 67.1 cm³/mol. The number of hydrogen-bond acceptors (Lipinski definition) is 4. The summed E-state index contributed by atoms with van der Waals surface area (Å²) in [6.07, 6.45) is -3.08. The molecule has 0 aliphatic heterocycles. The van der Waals surface area contributed by atoms with Crippen LogP contribution >= 0.6 is 0 Å². The molecule has 1 N–H and O–H groups in total. The van der Waals surface area contributed by atoms with Crippen molar-refractivity contribution in [2.75, 3.05) is 45.7 Å². The van der Waals surface area contributed by atoms with Gasteiger partial charge in [-0.25, -0.2) is 4.98 Å². The van der Waals surface area contributed by atoms with Gasteiger partial charge in [-0.3, -0.25) is 0 Å². The number of nitrogens with zero attached hydrogens (tertiary/aromatic N) is 2. The van der Waals surface area contributed by atoms with E-state index in [0.717, 1.165) is 12.6 Å². The van der Waals surface area contributed by atoms with Crippen LogP contribution in [0, 0.1) is 0 Å². The summed E-state index contributed by atoms with van der Waals surface area (Å²) in [7, 11) is 3.84. The Morgan fingerprint density at radius 2 is 2.05 bits per heavy atom. The van der Waals surface area contributed by atoms with Crippen molar-refractivity contribution in [1.82, 2.24) is 9.88 Å².